The lowest BCUT2D eigenvalue weighted by atomic mass is 9.93. The molecule has 0 unspecified atom stereocenters. The minimum Gasteiger partial charge on any atom is -0.273 e. The van der Waals surface area contributed by atoms with Crippen LogP contribution in [0.4, 0.5) is 4.79 Å². The van der Waals surface area contributed by atoms with Gasteiger partial charge in [-0.2, -0.15) is 0 Å². The van der Waals surface area contributed by atoms with Crippen molar-refractivity contribution in [2.45, 2.75) is 38.1 Å². The van der Waals surface area contributed by atoms with Gasteiger partial charge < -0.3 is 0 Å². The van der Waals surface area contributed by atoms with Crippen molar-refractivity contribution in [3.8, 4) is 0 Å². The van der Waals surface area contributed by atoms with E-state index >= 15 is 0 Å². The van der Waals surface area contributed by atoms with Crippen molar-refractivity contribution in [3.63, 3.8) is 0 Å². The lowest BCUT2D eigenvalue weighted by Crippen LogP contribution is -2.58. The summed E-state index contributed by atoms with van der Waals surface area (Å²) >= 11 is 1.45. The van der Waals surface area contributed by atoms with E-state index in [0.29, 0.717) is 0 Å². The molecule has 4 amide bonds. The van der Waals surface area contributed by atoms with Gasteiger partial charge in [0.05, 0.1) is 0 Å². The van der Waals surface area contributed by atoms with Crippen LogP contribution in [0.5, 0.6) is 0 Å². The molecule has 0 spiro atoms. The molecule has 1 aliphatic carbocycles. The van der Waals surface area contributed by atoms with Crippen LogP contribution in [-0.2, 0) is 9.59 Å². The van der Waals surface area contributed by atoms with Crippen molar-refractivity contribution in [1.82, 2.24) is 10.2 Å². The topological polar surface area (TPSA) is 66.5 Å². The largest absolute Gasteiger partial charge is 0.331 e. The number of hydrogen-bond donors (Lipinski definition) is 1. The van der Waals surface area contributed by atoms with Crippen LogP contribution in [0.3, 0.4) is 0 Å². The molecular formula is C15H16N2O3S. The summed E-state index contributed by atoms with van der Waals surface area (Å²) in [4.78, 5) is 38.6. The van der Waals surface area contributed by atoms with Gasteiger partial charge in [-0.05, 0) is 30.4 Å². The first-order valence-electron chi connectivity index (χ1n) is 7.11. The fourth-order valence-corrected chi connectivity index (χ4v) is 3.51. The molecule has 2 aliphatic rings. The Balaban J connectivity index is 1.89. The molecule has 3 rings (SSSR count). The zero-order chi connectivity index (χ0) is 14.8. The molecule has 2 heterocycles. The predicted octanol–water partition coefficient (Wildman–Crippen LogP) is 2.54. The number of barbiturate groups is 1. The summed E-state index contributed by atoms with van der Waals surface area (Å²) in [7, 11) is 0. The van der Waals surface area contributed by atoms with E-state index < -0.39 is 17.8 Å². The number of nitrogens with zero attached hydrogens (tertiary/aromatic N) is 1. The highest BCUT2D eigenvalue weighted by Crippen LogP contribution is 2.26. The number of carbonyl (C=O) groups is 3. The highest BCUT2D eigenvalue weighted by atomic mass is 32.1. The van der Waals surface area contributed by atoms with Gasteiger partial charge in [0.25, 0.3) is 11.8 Å². The molecule has 1 aromatic rings. The number of nitrogens with one attached hydrogen (secondary N) is 1. The zero-order valence-electron chi connectivity index (χ0n) is 11.5. The van der Waals surface area contributed by atoms with E-state index in [1.807, 2.05) is 17.5 Å². The van der Waals surface area contributed by atoms with Gasteiger partial charge in [0.1, 0.15) is 5.57 Å². The maximum absolute atomic E-state index is 12.6. The second kappa shape index (κ2) is 5.81. The molecule has 1 aromatic heterocycles. The number of urea groups is 1. The van der Waals surface area contributed by atoms with Crippen LogP contribution < -0.4 is 5.32 Å². The highest BCUT2D eigenvalue weighted by molar-refractivity contribution is 7.10. The van der Waals surface area contributed by atoms with Gasteiger partial charge >= 0.3 is 6.03 Å². The van der Waals surface area contributed by atoms with E-state index in [0.717, 1.165) is 37.0 Å². The number of thiophene rings is 1. The van der Waals surface area contributed by atoms with Gasteiger partial charge in [-0.3, -0.25) is 19.8 Å². The number of hydrogen-bond acceptors (Lipinski definition) is 4. The van der Waals surface area contributed by atoms with E-state index in [9.17, 15) is 14.4 Å². The first-order chi connectivity index (χ1) is 10.2. The SMILES string of the molecule is O=C1NC(=O)N(C2CCCCC2)C(=O)/C1=C/c1cccs1. The Morgan fingerprint density at radius 1 is 1.19 bits per heavy atom. The van der Waals surface area contributed by atoms with Crippen LogP contribution in [0.25, 0.3) is 6.08 Å². The third-order valence-electron chi connectivity index (χ3n) is 3.90. The molecule has 1 saturated carbocycles. The number of rotatable bonds is 2. The molecule has 110 valence electrons. The molecule has 0 aromatic carbocycles. The highest BCUT2D eigenvalue weighted by Gasteiger charge is 2.40. The Morgan fingerprint density at radius 3 is 2.62 bits per heavy atom. The quantitative estimate of drug-likeness (QED) is 0.674. The van der Waals surface area contributed by atoms with E-state index in [1.165, 1.54) is 16.2 Å². The summed E-state index contributed by atoms with van der Waals surface area (Å²) in [5.41, 5.74) is 0.0441. The summed E-state index contributed by atoms with van der Waals surface area (Å²) in [5.74, 6) is -1.07. The third kappa shape index (κ3) is 2.76. The second-order valence-electron chi connectivity index (χ2n) is 5.30. The molecule has 5 nitrogen and oxygen atoms in total. The molecule has 6 heteroatoms. The van der Waals surface area contributed by atoms with Crippen molar-refractivity contribution < 1.29 is 14.4 Å². The van der Waals surface area contributed by atoms with Crippen LogP contribution in [0, 0.1) is 0 Å². The fraction of sp³-hybridized carbons (Fsp3) is 0.400. The number of amides is 4. The molecule has 1 aliphatic heterocycles. The normalized spacial score (nSPS) is 22.8. The summed E-state index contributed by atoms with van der Waals surface area (Å²) in [6.07, 6.45) is 6.36. The lowest BCUT2D eigenvalue weighted by Gasteiger charge is -2.35. The minimum absolute atomic E-state index is 0.0441. The monoisotopic (exact) mass is 304 g/mol. The van der Waals surface area contributed by atoms with E-state index in [-0.39, 0.29) is 11.6 Å². The molecule has 0 bridgehead atoms. The van der Waals surface area contributed by atoms with E-state index in [4.69, 9.17) is 0 Å². The van der Waals surface area contributed by atoms with E-state index in [2.05, 4.69) is 5.32 Å². The molecule has 0 radical (unpaired) electrons. The molecular weight excluding hydrogens is 288 g/mol. The Hall–Kier alpha value is -1.95. The van der Waals surface area contributed by atoms with Gasteiger partial charge in [0.2, 0.25) is 0 Å². The maximum Gasteiger partial charge on any atom is 0.331 e. The Morgan fingerprint density at radius 2 is 1.95 bits per heavy atom. The van der Waals surface area contributed by atoms with Crippen molar-refractivity contribution in [3.05, 3.63) is 28.0 Å². The summed E-state index contributed by atoms with van der Waals surface area (Å²) in [5, 5.41) is 4.16. The number of imide groups is 2. The average molecular weight is 304 g/mol. The van der Waals surface area contributed by atoms with Crippen molar-refractivity contribution in [2.75, 3.05) is 0 Å². The zero-order valence-corrected chi connectivity index (χ0v) is 12.3. The molecule has 2 fully saturated rings. The Bertz CT molecular complexity index is 600. The maximum atomic E-state index is 12.6. The van der Waals surface area contributed by atoms with Gasteiger partial charge in [0.15, 0.2) is 0 Å². The Kier molecular flexibility index (Phi) is 3.88. The van der Waals surface area contributed by atoms with Gasteiger partial charge in [-0.15, -0.1) is 11.3 Å². The van der Waals surface area contributed by atoms with Crippen molar-refractivity contribution in [2.24, 2.45) is 0 Å². The standard InChI is InChI=1S/C15H16N2O3S/c18-13-12(9-11-7-4-8-21-11)14(19)17(15(20)16-13)10-5-2-1-3-6-10/h4,7-10H,1-3,5-6H2,(H,16,18,20)/b12-9+. The fourth-order valence-electron chi connectivity index (χ4n) is 2.86. The van der Waals surface area contributed by atoms with Crippen LogP contribution in [-0.4, -0.2) is 28.8 Å². The van der Waals surface area contributed by atoms with Crippen LogP contribution in [0.1, 0.15) is 37.0 Å². The van der Waals surface area contributed by atoms with Gasteiger partial charge in [-0.1, -0.05) is 25.3 Å². The molecule has 1 N–H and O–H groups in total. The average Bonchev–Trinajstić information content (AvgIpc) is 2.97. The summed E-state index contributed by atoms with van der Waals surface area (Å²) < 4.78 is 0. The van der Waals surface area contributed by atoms with E-state index in [1.54, 1.807) is 6.08 Å². The molecule has 1 saturated heterocycles. The number of carbonyl (C=O) groups excluding carboxylic acids is 3. The van der Waals surface area contributed by atoms with Crippen LogP contribution in [0.15, 0.2) is 23.1 Å². The van der Waals surface area contributed by atoms with Gasteiger partial charge in [-0.25, -0.2) is 4.79 Å². The summed E-state index contributed by atoms with van der Waals surface area (Å²) in [6.45, 7) is 0. The van der Waals surface area contributed by atoms with Gasteiger partial charge in [0, 0.05) is 10.9 Å². The summed E-state index contributed by atoms with van der Waals surface area (Å²) in [6, 6.07) is 3.01. The first-order valence-corrected chi connectivity index (χ1v) is 7.99. The second-order valence-corrected chi connectivity index (χ2v) is 6.28. The van der Waals surface area contributed by atoms with Crippen LogP contribution in [0.2, 0.25) is 0 Å². The predicted molar refractivity (Wildman–Crippen MR) is 79.6 cm³/mol. The van der Waals surface area contributed by atoms with Crippen molar-refractivity contribution >= 4 is 35.3 Å². The molecule has 0 atom stereocenters. The lowest BCUT2D eigenvalue weighted by molar-refractivity contribution is -0.132. The Labute approximate surface area is 126 Å². The molecule has 21 heavy (non-hydrogen) atoms. The first kappa shape index (κ1) is 14.0. The van der Waals surface area contributed by atoms with Crippen molar-refractivity contribution in [1.29, 1.82) is 0 Å². The van der Waals surface area contributed by atoms with Crippen LogP contribution >= 0.6 is 11.3 Å². The minimum atomic E-state index is -0.606. The third-order valence-corrected chi connectivity index (χ3v) is 4.72. The smallest absolute Gasteiger partial charge is 0.273 e.